The first-order valence-corrected chi connectivity index (χ1v) is 12.5. The third-order valence-electron chi connectivity index (χ3n) is 8.02. The van der Waals surface area contributed by atoms with Crippen LogP contribution in [0.3, 0.4) is 0 Å². The van der Waals surface area contributed by atoms with Crippen LogP contribution in [0.4, 0.5) is 4.39 Å². The number of methoxy groups -OCH3 is 1. The first-order valence-electron chi connectivity index (χ1n) is 12.5. The van der Waals surface area contributed by atoms with Gasteiger partial charge in [0.05, 0.1) is 13.5 Å². The molecule has 2 N–H and O–H groups in total. The summed E-state index contributed by atoms with van der Waals surface area (Å²) in [5.74, 6) is -0.106. The Labute approximate surface area is 210 Å². The van der Waals surface area contributed by atoms with Gasteiger partial charge in [0.1, 0.15) is 0 Å². The molecule has 3 aromatic rings. The van der Waals surface area contributed by atoms with Crippen molar-refractivity contribution in [3.05, 3.63) is 89.2 Å². The summed E-state index contributed by atoms with van der Waals surface area (Å²) in [4.78, 5) is 23.1. The lowest BCUT2D eigenvalue weighted by Gasteiger charge is -2.39. The summed E-state index contributed by atoms with van der Waals surface area (Å²) in [5.41, 5.74) is 4.64. The van der Waals surface area contributed by atoms with Gasteiger partial charge in [-0.3, -0.25) is 9.59 Å². The van der Waals surface area contributed by atoms with E-state index in [-0.39, 0.29) is 35.9 Å². The zero-order valence-electron chi connectivity index (χ0n) is 20.3. The highest BCUT2D eigenvalue weighted by molar-refractivity contribution is 5.94. The van der Waals surface area contributed by atoms with Gasteiger partial charge in [-0.15, -0.1) is 0 Å². The Morgan fingerprint density at radius 1 is 1.00 bits per heavy atom. The molecule has 3 unspecified atom stereocenters. The Morgan fingerprint density at radius 3 is 2.22 bits per heavy atom. The molecule has 0 spiro atoms. The highest BCUT2D eigenvalue weighted by Crippen LogP contribution is 2.60. The number of carboxylic acids is 1. The van der Waals surface area contributed by atoms with Crippen LogP contribution in [-0.4, -0.2) is 30.6 Å². The lowest BCUT2D eigenvalue weighted by Crippen LogP contribution is -2.34. The fourth-order valence-electron chi connectivity index (χ4n) is 6.31. The van der Waals surface area contributed by atoms with Crippen molar-refractivity contribution in [3.8, 4) is 16.9 Å². The zero-order valence-corrected chi connectivity index (χ0v) is 20.3. The maximum atomic E-state index is 14.3. The van der Waals surface area contributed by atoms with Crippen LogP contribution in [-0.2, 0) is 10.2 Å². The lowest BCUT2D eigenvalue weighted by atomic mass is 9.64. The predicted molar refractivity (Wildman–Crippen MR) is 136 cm³/mol. The van der Waals surface area contributed by atoms with Crippen molar-refractivity contribution < 1.29 is 23.8 Å². The molecular formula is C30H30FNO4. The number of hydrogen-bond donors (Lipinski definition) is 2. The summed E-state index contributed by atoms with van der Waals surface area (Å²) in [6.45, 7) is 0.105. The Bertz CT molecular complexity index is 1270. The standard InChI is InChI=1S/C30H30FNO4/c1-36-27-13-7-22(17-26(27)31)20-3-9-23(10-4-20)30(18-19-2-8-25(30)16-19)24-11-5-21(6-12-24)29(35)32-15-14-28(33)34/h3-7,9-13,17,19,25H,2,8,14-16,18H2,1H3,(H,32,35)(H,33,34). The molecule has 2 aliphatic rings. The maximum Gasteiger partial charge on any atom is 0.305 e. The molecule has 0 heterocycles. The molecule has 186 valence electrons. The average molecular weight is 488 g/mol. The number of nitrogens with one attached hydrogen (secondary N) is 1. The number of fused-ring (bicyclic) bond motifs is 2. The molecule has 2 fully saturated rings. The number of carboxylic acid groups (broad SMARTS) is 1. The highest BCUT2D eigenvalue weighted by Gasteiger charge is 2.52. The normalized spacial score (nSPS) is 22.4. The number of hydrogen-bond acceptors (Lipinski definition) is 3. The van der Waals surface area contributed by atoms with Gasteiger partial charge < -0.3 is 15.2 Å². The van der Waals surface area contributed by atoms with E-state index in [2.05, 4.69) is 41.7 Å². The fourth-order valence-corrected chi connectivity index (χ4v) is 6.31. The number of carbonyl (C=O) groups is 2. The SMILES string of the molecule is COc1ccc(-c2ccc(C3(c4ccc(C(=O)NCCC(=O)O)cc4)CC4CCC3C4)cc2)cc1F. The van der Waals surface area contributed by atoms with Crippen LogP contribution in [0.15, 0.2) is 66.7 Å². The van der Waals surface area contributed by atoms with Crippen LogP contribution in [0.1, 0.15) is 53.6 Å². The van der Waals surface area contributed by atoms with Gasteiger partial charge >= 0.3 is 5.97 Å². The predicted octanol–water partition coefficient (Wildman–Crippen LogP) is 5.81. The van der Waals surface area contributed by atoms with Crippen LogP contribution in [0.2, 0.25) is 0 Å². The summed E-state index contributed by atoms with van der Waals surface area (Å²) < 4.78 is 19.3. The van der Waals surface area contributed by atoms with Gasteiger partial charge in [-0.25, -0.2) is 4.39 Å². The van der Waals surface area contributed by atoms with Gasteiger partial charge in [-0.1, -0.05) is 48.9 Å². The summed E-state index contributed by atoms with van der Waals surface area (Å²) in [5, 5.41) is 11.5. The van der Waals surface area contributed by atoms with E-state index in [4.69, 9.17) is 9.84 Å². The van der Waals surface area contributed by atoms with Crippen LogP contribution in [0.5, 0.6) is 5.75 Å². The number of amides is 1. The van der Waals surface area contributed by atoms with Gasteiger partial charge in [0.25, 0.3) is 5.91 Å². The molecule has 1 amide bonds. The van der Waals surface area contributed by atoms with E-state index in [1.165, 1.54) is 43.6 Å². The van der Waals surface area contributed by atoms with Crippen LogP contribution < -0.4 is 10.1 Å². The number of carbonyl (C=O) groups excluding carboxylic acids is 1. The van der Waals surface area contributed by atoms with Crippen molar-refractivity contribution in [2.45, 2.75) is 37.5 Å². The smallest absolute Gasteiger partial charge is 0.305 e. The molecule has 0 aliphatic heterocycles. The van der Waals surface area contributed by atoms with Crippen molar-refractivity contribution >= 4 is 11.9 Å². The van der Waals surface area contributed by atoms with Crippen molar-refractivity contribution in [3.63, 3.8) is 0 Å². The number of ether oxygens (including phenoxy) is 1. The molecule has 0 aromatic heterocycles. The second-order valence-electron chi connectivity index (χ2n) is 9.96. The molecule has 5 nitrogen and oxygen atoms in total. The Morgan fingerprint density at radius 2 is 1.67 bits per heavy atom. The van der Waals surface area contributed by atoms with E-state index in [1.807, 2.05) is 18.2 Å². The maximum absolute atomic E-state index is 14.3. The molecular weight excluding hydrogens is 457 g/mol. The fraction of sp³-hybridized carbons (Fsp3) is 0.333. The van der Waals surface area contributed by atoms with E-state index in [1.54, 1.807) is 6.07 Å². The molecule has 2 saturated carbocycles. The zero-order chi connectivity index (χ0) is 25.3. The molecule has 3 aromatic carbocycles. The quantitative estimate of drug-likeness (QED) is 0.420. The molecule has 6 heteroatoms. The Balaban J connectivity index is 1.43. The third-order valence-corrected chi connectivity index (χ3v) is 8.02. The molecule has 0 radical (unpaired) electrons. The van der Waals surface area contributed by atoms with Gasteiger partial charge in [0, 0.05) is 17.5 Å². The van der Waals surface area contributed by atoms with Crippen LogP contribution in [0.25, 0.3) is 11.1 Å². The number of benzene rings is 3. The second-order valence-corrected chi connectivity index (χ2v) is 9.96. The monoisotopic (exact) mass is 487 g/mol. The van der Waals surface area contributed by atoms with E-state index in [0.717, 1.165) is 17.5 Å². The molecule has 36 heavy (non-hydrogen) atoms. The third kappa shape index (κ3) is 4.36. The van der Waals surface area contributed by atoms with E-state index in [0.29, 0.717) is 17.4 Å². The molecule has 2 bridgehead atoms. The van der Waals surface area contributed by atoms with Gasteiger partial charge in [-0.2, -0.15) is 0 Å². The highest BCUT2D eigenvalue weighted by atomic mass is 19.1. The van der Waals surface area contributed by atoms with E-state index >= 15 is 0 Å². The van der Waals surface area contributed by atoms with E-state index < -0.39 is 5.97 Å². The summed E-state index contributed by atoms with van der Waals surface area (Å²) in [6.07, 6.45) is 4.64. The minimum atomic E-state index is -0.938. The number of aliphatic carboxylic acids is 1. The molecule has 3 atom stereocenters. The minimum absolute atomic E-state index is 0.102. The molecule has 2 aliphatic carbocycles. The van der Waals surface area contributed by atoms with Gasteiger partial charge in [0.2, 0.25) is 0 Å². The van der Waals surface area contributed by atoms with Gasteiger partial charge in [-0.05, 0) is 77.6 Å². The Hall–Kier alpha value is -3.67. The van der Waals surface area contributed by atoms with Crippen molar-refractivity contribution in [2.75, 3.05) is 13.7 Å². The topological polar surface area (TPSA) is 75.6 Å². The Kier molecular flexibility index (Phi) is 6.52. The largest absolute Gasteiger partial charge is 0.494 e. The number of halogens is 1. The van der Waals surface area contributed by atoms with Crippen molar-refractivity contribution in [1.82, 2.24) is 5.32 Å². The summed E-state index contributed by atoms with van der Waals surface area (Å²) >= 11 is 0. The molecule has 0 saturated heterocycles. The van der Waals surface area contributed by atoms with Gasteiger partial charge in [0.15, 0.2) is 11.6 Å². The van der Waals surface area contributed by atoms with Crippen molar-refractivity contribution in [2.24, 2.45) is 11.8 Å². The molecule has 5 rings (SSSR count). The van der Waals surface area contributed by atoms with Crippen LogP contribution >= 0.6 is 0 Å². The lowest BCUT2D eigenvalue weighted by molar-refractivity contribution is -0.136. The summed E-state index contributed by atoms with van der Waals surface area (Å²) in [6, 6.07) is 21.3. The number of rotatable bonds is 8. The second kappa shape index (κ2) is 9.76. The first kappa shape index (κ1) is 24.0. The van der Waals surface area contributed by atoms with Crippen molar-refractivity contribution in [1.29, 1.82) is 0 Å². The van der Waals surface area contributed by atoms with E-state index in [9.17, 15) is 14.0 Å². The minimum Gasteiger partial charge on any atom is -0.494 e. The average Bonchev–Trinajstić information content (AvgIpc) is 3.51. The van der Waals surface area contributed by atoms with Crippen LogP contribution in [0, 0.1) is 17.7 Å². The first-order chi connectivity index (χ1) is 17.4. The summed E-state index contributed by atoms with van der Waals surface area (Å²) in [7, 11) is 1.46.